The molecule has 0 bridgehead atoms. The minimum atomic E-state index is -0.723. The molecule has 1 saturated heterocycles. The number of rotatable bonds is 10. The van der Waals surface area contributed by atoms with Crippen LogP contribution in [0.5, 0.6) is 5.75 Å². The summed E-state index contributed by atoms with van der Waals surface area (Å²) in [5, 5.41) is 11.2. The van der Waals surface area contributed by atoms with Crippen molar-refractivity contribution in [2.75, 3.05) is 46.0 Å². The Hall–Kier alpha value is -3.99. The number of aromatic nitrogens is 2. The van der Waals surface area contributed by atoms with Gasteiger partial charge in [-0.25, -0.2) is 4.98 Å². The highest BCUT2D eigenvalue weighted by Crippen LogP contribution is 2.41. The van der Waals surface area contributed by atoms with Crippen molar-refractivity contribution in [3.63, 3.8) is 0 Å². The van der Waals surface area contributed by atoms with E-state index in [1.54, 1.807) is 11.0 Å². The van der Waals surface area contributed by atoms with E-state index in [1.807, 2.05) is 59.9 Å². The van der Waals surface area contributed by atoms with Gasteiger partial charge >= 0.3 is 0 Å². The Kier molecular flexibility index (Phi) is 7.61. The number of ketones is 1. The molecule has 212 valence electrons. The van der Waals surface area contributed by atoms with Crippen LogP contribution in [0.4, 0.5) is 0 Å². The lowest BCUT2D eigenvalue weighted by molar-refractivity contribution is -0.129. The highest BCUT2D eigenvalue weighted by molar-refractivity contribution is 7.19. The Bertz CT molecular complexity index is 1650. The zero-order valence-corrected chi connectivity index (χ0v) is 23.7. The largest absolute Gasteiger partial charge is 0.503 e. The standard InChI is InChI=1S/C31H32N4O5S/c1-3-17-40-22-11-9-21(10-12-22)26-25(28(37)30(38)34(26)14-6-13-33-15-18-39-19-16-33)27(36)29-20(2)35-24-8-5-4-7-23(24)32-31(35)41-29/h3-5,7-12,26,37H,1,6,13-19H2,2H3. The van der Waals surface area contributed by atoms with E-state index in [1.165, 1.54) is 11.3 Å². The zero-order chi connectivity index (χ0) is 28.5. The predicted molar refractivity (Wildman–Crippen MR) is 158 cm³/mol. The number of benzene rings is 2. The van der Waals surface area contributed by atoms with Gasteiger partial charge in [-0.3, -0.25) is 18.9 Å². The Morgan fingerprint density at radius 2 is 1.93 bits per heavy atom. The second kappa shape index (κ2) is 11.5. The molecule has 41 heavy (non-hydrogen) atoms. The van der Waals surface area contributed by atoms with E-state index in [0.717, 1.165) is 41.9 Å². The number of Topliss-reactive ketones (excluding diaryl/α,β-unsaturated/α-hetero) is 1. The van der Waals surface area contributed by atoms with Gasteiger partial charge in [0.2, 0.25) is 5.78 Å². The third kappa shape index (κ3) is 5.03. The molecule has 1 N–H and O–H groups in total. The van der Waals surface area contributed by atoms with Gasteiger partial charge in [-0.05, 0) is 43.2 Å². The topological polar surface area (TPSA) is 96.6 Å². The van der Waals surface area contributed by atoms with E-state index >= 15 is 0 Å². The number of morpholine rings is 1. The number of hydrogen-bond donors (Lipinski definition) is 1. The van der Waals surface area contributed by atoms with Crippen molar-refractivity contribution in [2.45, 2.75) is 19.4 Å². The third-order valence-corrected chi connectivity index (χ3v) is 8.82. The molecular formula is C31H32N4O5S. The second-order valence-electron chi connectivity index (χ2n) is 10.2. The van der Waals surface area contributed by atoms with E-state index < -0.39 is 17.7 Å². The Morgan fingerprint density at radius 1 is 1.17 bits per heavy atom. The molecule has 6 rings (SSSR count). The van der Waals surface area contributed by atoms with Crippen LogP contribution in [0.25, 0.3) is 16.0 Å². The van der Waals surface area contributed by atoms with E-state index in [4.69, 9.17) is 9.47 Å². The first-order valence-electron chi connectivity index (χ1n) is 13.8. The lowest BCUT2D eigenvalue weighted by Crippen LogP contribution is -2.39. The molecular weight excluding hydrogens is 540 g/mol. The number of aliphatic hydroxyl groups excluding tert-OH is 1. The van der Waals surface area contributed by atoms with Gasteiger partial charge in [-0.15, -0.1) is 0 Å². The zero-order valence-electron chi connectivity index (χ0n) is 22.9. The maximum Gasteiger partial charge on any atom is 0.290 e. The molecule has 0 radical (unpaired) electrons. The van der Waals surface area contributed by atoms with E-state index in [-0.39, 0.29) is 11.4 Å². The first kappa shape index (κ1) is 27.2. The van der Waals surface area contributed by atoms with Crippen LogP contribution in [0, 0.1) is 6.92 Å². The van der Waals surface area contributed by atoms with E-state index in [0.29, 0.717) is 48.4 Å². The van der Waals surface area contributed by atoms with Gasteiger partial charge in [-0.1, -0.05) is 48.3 Å². The summed E-state index contributed by atoms with van der Waals surface area (Å²) >= 11 is 1.27. The van der Waals surface area contributed by atoms with Crippen LogP contribution in [0.1, 0.15) is 33.4 Å². The van der Waals surface area contributed by atoms with Gasteiger partial charge in [0.1, 0.15) is 12.4 Å². The fourth-order valence-electron chi connectivity index (χ4n) is 5.65. The van der Waals surface area contributed by atoms with Crippen LogP contribution in [0.15, 0.2) is 72.5 Å². The number of carbonyl (C=O) groups excluding carboxylic acids is 2. The average Bonchev–Trinajstić information content (AvgIpc) is 3.61. The van der Waals surface area contributed by atoms with Crippen LogP contribution < -0.4 is 4.74 Å². The van der Waals surface area contributed by atoms with Crippen molar-refractivity contribution < 1.29 is 24.2 Å². The molecule has 0 spiro atoms. The number of fused-ring (bicyclic) bond motifs is 3. The van der Waals surface area contributed by atoms with Crippen LogP contribution in [-0.4, -0.2) is 82.0 Å². The third-order valence-electron chi connectivity index (χ3n) is 7.68. The van der Waals surface area contributed by atoms with Crippen molar-refractivity contribution in [1.82, 2.24) is 19.2 Å². The Balaban J connectivity index is 1.34. The van der Waals surface area contributed by atoms with Gasteiger partial charge in [0.05, 0.1) is 40.7 Å². The number of hydrogen-bond acceptors (Lipinski definition) is 8. The molecule has 1 amide bonds. The molecule has 2 aliphatic heterocycles. The molecule has 0 aliphatic carbocycles. The molecule has 4 heterocycles. The smallest absolute Gasteiger partial charge is 0.290 e. The van der Waals surface area contributed by atoms with E-state index in [9.17, 15) is 14.7 Å². The molecule has 0 saturated carbocycles. The van der Waals surface area contributed by atoms with Crippen molar-refractivity contribution in [3.8, 4) is 5.75 Å². The van der Waals surface area contributed by atoms with Crippen molar-refractivity contribution >= 4 is 39.0 Å². The number of aryl methyl sites for hydroxylation is 1. The summed E-state index contributed by atoms with van der Waals surface area (Å²) in [6.07, 6.45) is 2.37. The molecule has 4 aromatic rings. The maximum absolute atomic E-state index is 14.2. The summed E-state index contributed by atoms with van der Waals surface area (Å²) < 4.78 is 13.1. The summed E-state index contributed by atoms with van der Waals surface area (Å²) in [5.74, 6) is -0.730. The molecule has 1 unspecified atom stereocenters. The molecule has 2 aromatic heterocycles. The number of thiazole rings is 1. The summed E-state index contributed by atoms with van der Waals surface area (Å²) in [7, 11) is 0. The SMILES string of the molecule is C=CCOc1ccc(C2C(C(=O)c3sc4nc5ccccc5n4c3C)=C(O)C(=O)N2CCCN2CCOCC2)cc1. The summed E-state index contributed by atoms with van der Waals surface area (Å²) in [6.45, 7) is 10.2. The maximum atomic E-state index is 14.2. The van der Waals surface area contributed by atoms with Gasteiger partial charge in [0.15, 0.2) is 10.7 Å². The lowest BCUT2D eigenvalue weighted by atomic mass is 9.95. The predicted octanol–water partition coefficient (Wildman–Crippen LogP) is 4.72. The second-order valence-corrected chi connectivity index (χ2v) is 11.2. The van der Waals surface area contributed by atoms with Crippen LogP contribution in [0.3, 0.4) is 0 Å². The van der Waals surface area contributed by atoms with Crippen molar-refractivity contribution in [2.24, 2.45) is 0 Å². The van der Waals surface area contributed by atoms with Gasteiger partial charge < -0.3 is 19.5 Å². The molecule has 10 heteroatoms. The lowest BCUT2D eigenvalue weighted by Gasteiger charge is -2.30. The summed E-state index contributed by atoms with van der Waals surface area (Å²) in [5.41, 5.74) is 3.31. The Morgan fingerprint density at radius 3 is 2.68 bits per heavy atom. The van der Waals surface area contributed by atoms with Crippen molar-refractivity contribution in [1.29, 1.82) is 0 Å². The number of aliphatic hydroxyl groups is 1. The highest BCUT2D eigenvalue weighted by Gasteiger charge is 2.44. The molecule has 2 aromatic carbocycles. The number of imidazole rings is 1. The first-order chi connectivity index (χ1) is 20.0. The summed E-state index contributed by atoms with van der Waals surface area (Å²) in [6, 6.07) is 14.4. The van der Waals surface area contributed by atoms with Gasteiger partial charge in [-0.2, -0.15) is 0 Å². The number of amides is 1. The Labute approximate surface area is 241 Å². The van der Waals surface area contributed by atoms with Crippen LogP contribution in [0.2, 0.25) is 0 Å². The minimum Gasteiger partial charge on any atom is -0.503 e. The normalized spacial score (nSPS) is 18.1. The fourth-order valence-corrected chi connectivity index (χ4v) is 6.74. The molecule has 1 fully saturated rings. The first-order valence-corrected chi connectivity index (χ1v) is 14.6. The van der Waals surface area contributed by atoms with Gasteiger partial charge in [0, 0.05) is 31.9 Å². The quantitative estimate of drug-likeness (QED) is 0.217. The molecule has 9 nitrogen and oxygen atoms in total. The number of nitrogens with zero attached hydrogens (tertiary/aromatic N) is 4. The average molecular weight is 573 g/mol. The summed E-state index contributed by atoms with van der Waals surface area (Å²) in [4.78, 5) is 37.5. The van der Waals surface area contributed by atoms with Crippen LogP contribution >= 0.6 is 11.3 Å². The van der Waals surface area contributed by atoms with E-state index in [2.05, 4.69) is 16.5 Å². The number of carbonyl (C=O) groups is 2. The van der Waals surface area contributed by atoms with Crippen molar-refractivity contribution in [3.05, 3.63) is 88.7 Å². The number of ether oxygens (including phenoxy) is 2. The minimum absolute atomic E-state index is 0.0954. The van der Waals surface area contributed by atoms with Crippen LogP contribution in [-0.2, 0) is 9.53 Å². The highest BCUT2D eigenvalue weighted by atomic mass is 32.1. The fraction of sp³-hybridized carbons (Fsp3) is 0.323. The monoisotopic (exact) mass is 572 g/mol. The number of para-hydroxylation sites is 2. The molecule has 1 atom stereocenters. The molecule has 2 aliphatic rings. The van der Waals surface area contributed by atoms with Gasteiger partial charge in [0.25, 0.3) is 5.91 Å².